The Hall–Kier alpha value is -2.55. The van der Waals surface area contributed by atoms with Crippen molar-refractivity contribution in [3.63, 3.8) is 0 Å². The fourth-order valence-corrected chi connectivity index (χ4v) is 2.48. The number of carbonyl (C=O) groups excluding carboxylic acids is 1. The summed E-state index contributed by atoms with van der Waals surface area (Å²) in [4.78, 5) is 12.4. The van der Waals surface area contributed by atoms with Gasteiger partial charge in [-0.05, 0) is 42.2 Å². The van der Waals surface area contributed by atoms with Crippen molar-refractivity contribution in [1.82, 2.24) is 0 Å². The maximum absolute atomic E-state index is 12.4. The van der Waals surface area contributed by atoms with E-state index in [1.54, 1.807) is 12.1 Å². The summed E-state index contributed by atoms with van der Waals surface area (Å²) in [5.41, 5.74) is 3.29. The maximum atomic E-state index is 12.4. The van der Waals surface area contributed by atoms with Gasteiger partial charge in [0, 0.05) is 11.1 Å². The van der Waals surface area contributed by atoms with E-state index in [0.717, 1.165) is 23.1 Å². The summed E-state index contributed by atoms with van der Waals surface area (Å²) >= 11 is 0. The molecule has 20 heavy (non-hydrogen) atoms. The lowest BCUT2D eigenvalue weighted by molar-refractivity contribution is 0.102. The number of Topliss-reactive ketones (excluding diaryl/α,β-unsaturated/α-hetero) is 1. The third-order valence-corrected chi connectivity index (χ3v) is 3.56. The highest BCUT2D eigenvalue weighted by Gasteiger charge is 2.21. The molecule has 0 fully saturated rings. The number of aryl methyl sites for hydroxylation is 1. The first-order valence-electron chi connectivity index (χ1n) is 6.50. The van der Waals surface area contributed by atoms with Crippen molar-refractivity contribution in [2.24, 2.45) is 0 Å². The zero-order valence-electron chi connectivity index (χ0n) is 10.8. The minimum atomic E-state index is -0.178. The molecule has 2 aromatic carbocycles. The van der Waals surface area contributed by atoms with Gasteiger partial charge in [-0.1, -0.05) is 30.3 Å². The monoisotopic (exact) mass is 266 g/mol. The van der Waals surface area contributed by atoms with E-state index >= 15 is 0 Å². The molecule has 0 heterocycles. The van der Waals surface area contributed by atoms with Crippen molar-refractivity contribution in [2.45, 2.75) is 12.8 Å². The van der Waals surface area contributed by atoms with E-state index in [9.17, 15) is 15.0 Å². The molecule has 0 amide bonds. The van der Waals surface area contributed by atoms with Crippen LogP contribution in [0.25, 0.3) is 6.08 Å². The average Bonchev–Trinajstić information content (AvgIpc) is 2.46. The first-order chi connectivity index (χ1) is 9.65. The molecule has 0 bridgehead atoms. The normalized spacial score (nSPS) is 16.2. The number of hydrogen-bond donors (Lipinski definition) is 2. The van der Waals surface area contributed by atoms with Crippen molar-refractivity contribution in [2.75, 3.05) is 0 Å². The van der Waals surface area contributed by atoms with Crippen LogP contribution in [0.3, 0.4) is 0 Å². The molecule has 0 saturated carbocycles. The summed E-state index contributed by atoms with van der Waals surface area (Å²) in [5.74, 6) is -0.296. The van der Waals surface area contributed by atoms with Crippen LogP contribution in [0.4, 0.5) is 0 Å². The minimum Gasteiger partial charge on any atom is -0.504 e. The number of ketones is 1. The van der Waals surface area contributed by atoms with Crippen molar-refractivity contribution in [3.05, 3.63) is 64.7 Å². The predicted molar refractivity (Wildman–Crippen MR) is 76.8 cm³/mol. The van der Waals surface area contributed by atoms with Gasteiger partial charge >= 0.3 is 0 Å². The van der Waals surface area contributed by atoms with E-state index in [-0.39, 0.29) is 17.3 Å². The van der Waals surface area contributed by atoms with E-state index in [4.69, 9.17) is 0 Å². The van der Waals surface area contributed by atoms with Gasteiger partial charge in [0.05, 0.1) is 0 Å². The molecule has 3 nitrogen and oxygen atoms in total. The Morgan fingerprint density at radius 1 is 0.950 bits per heavy atom. The zero-order chi connectivity index (χ0) is 14.1. The highest BCUT2D eigenvalue weighted by atomic mass is 16.3. The Morgan fingerprint density at radius 2 is 1.75 bits per heavy atom. The topological polar surface area (TPSA) is 57.5 Å². The number of allylic oxidation sites excluding steroid dienone is 1. The smallest absolute Gasteiger partial charge is 0.189 e. The molecule has 3 rings (SSSR count). The standard InChI is InChI=1S/C17H14O3/c18-15-8-5-11(10-16(15)19)9-13-7-6-12-3-1-2-4-14(12)17(13)20/h1-5,8-10,18-19H,6-7H2. The number of carbonyl (C=O) groups is 1. The highest BCUT2D eigenvalue weighted by molar-refractivity contribution is 6.13. The van der Waals surface area contributed by atoms with Gasteiger partial charge in [-0.3, -0.25) is 4.79 Å². The fraction of sp³-hybridized carbons (Fsp3) is 0.118. The molecule has 0 radical (unpaired) electrons. The van der Waals surface area contributed by atoms with Crippen LogP contribution in [-0.4, -0.2) is 16.0 Å². The van der Waals surface area contributed by atoms with Crippen LogP contribution >= 0.6 is 0 Å². The van der Waals surface area contributed by atoms with Gasteiger partial charge in [-0.25, -0.2) is 0 Å². The minimum absolute atomic E-state index is 0.0411. The average molecular weight is 266 g/mol. The van der Waals surface area contributed by atoms with Gasteiger partial charge in [0.15, 0.2) is 17.3 Å². The molecule has 0 spiro atoms. The van der Waals surface area contributed by atoms with Crippen LogP contribution < -0.4 is 0 Å². The third-order valence-electron chi connectivity index (χ3n) is 3.56. The molecule has 0 saturated heterocycles. The molecule has 0 unspecified atom stereocenters. The lowest BCUT2D eigenvalue weighted by Crippen LogP contribution is -2.13. The molecule has 0 aromatic heterocycles. The van der Waals surface area contributed by atoms with Crippen LogP contribution in [-0.2, 0) is 6.42 Å². The number of benzene rings is 2. The second-order valence-electron chi connectivity index (χ2n) is 4.90. The number of phenols is 2. The Kier molecular flexibility index (Phi) is 3.03. The molecule has 100 valence electrons. The predicted octanol–water partition coefficient (Wildman–Crippen LogP) is 3.31. The summed E-state index contributed by atoms with van der Waals surface area (Å²) in [6.07, 6.45) is 3.31. The van der Waals surface area contributed by atoms with Crippen LogP contribution in [0, 0.1) is 0 Å². The molecule has 0 atom stereocenters. The summed E-state index contributed by atoms with van der Waals surface area (Å²) in [6.45, 7) is 0. The molecular weight excluding hydrogens is 252 g/mol. The quantitative estimate of drug-likeness (QED) is 0.615. The van der Waals surface area contributed by atoms with E-state index in [1.165, 1.54) is 12.1 Å². The Bertz CT molecular complexity index is 714. The number of hydrogen-bond acceptors (Lipinski definition) is 3. The van der Waals surface area contributed by atoms with E-state index in [0.29, 0.717) is 12.0 Å². The molecule has 2 N–H and O–H groups in total. The largest absolute Gasteiger partial charge is 0.504 e. The van der Waals surface area contributed by atoms with E-state index in [1.807, 2.05) is 24.3 Å². The van der Waals surface area contributed by atoms with Crippen molar-refractivity contribution in [1.29, 1.82) is 0 Å². The zero-order valence-corrected chi connectivity index (χ0v) is 10.8. The number of aromatic hydroxyl groups is 2. The highest BCUT2D eigenvalue weighted by Crippen LogP contribution is 2.29. The Morgan fingerprint density at radius 3 is 2.55 bits per heavy atom. The summed E-state index contributed by atoms with van der Waals surface area (Å²) < 4.78 is 0. The van der Waals surface area contributed by atoms with Gasteiger partial charge in [0.2, 0.25) is 0 Å². The molecule has 1 aliphatic rings. The summed E-state index contributed by atoms with van der Waals surface area (Å²) in [7, 11) is 0. The van der Waals surface area contributed by atoms with Gasteiger partial charge in [0.25, 0.3) is 0 Å². The first-order valence-corrected chi connectivity index (χ1v) is 6.50. The number of fused-ring (bicyclic) bond motifs is 1. The lowest BCUT2D eigenvalue weighted by Gasteiger charge is -2.17. The van der Waals surface area contributed by atoms with E-state index < -0.39 is 0 Å². The van der Waals surface area contributed by atoms with Gasteiger partial charge in [-0.2, -0.15) is 0 Å². The van der Waals surface area contributed by atoms with E-state index in [2.05, 4.69) is 0 Å². The summed E-state index contributed by atoms with van der Waals surface area (Å²) in [5, 5.41) is 18.8. The number of rotatable bonds is 1. The third kappa shape index (κ3) is 2.18. The number of phenolic OH excluding ortho intramolecular Hbond substituents is 2. The van der Waals surface area contributed by atoms with Crippen LogP contribution in [0.5, 0.6) is 11.5 Å². The first kappa shape index (κ1) is 12.5. The summed E-state index contributed by atoms with van der Waals surface area (Å²) in [6, 6.07) is 12.2. The van der Waals surface area contributed by atoms with Crippen LogP contribution in [0.1, 0.15) is 27.9 Å². The second-order valence-corrected chi connectivity index (χ2v) is 4.90. The van der Waals surface area contributed by atoms with Crippen molar-refractivity contribution in [3.8, 4) is 11.5 Å². The molecule has 2 aromatic rings. The molecule has 1 aliphatic carbocycles. The van der Waals surface area contributed by atoms with Gasteiger partial charge in [-0.15, -0.1) is 0 Å². The van der Waals surface area contributed by atoms with Crippen LogP contribution in [0.15, 0.2) is 48.0 Å². The van der Waals surface area contributed by atoms with Crippen molar-refractivity contribution < 1.29 is 15.0 Å². The van der Waals surface area contributed by atoms with Gasteiger partial charge in [0.1, 0.15) is 0 Å². The maximum Gasteiger partial charge on any atom is 0.189 e. The molecule has 3 heteroatoms. The second kappa shape index (κ2) is 4.85. The SMILES string of the molecule is O=C1C(=Cc2ccc(O)c(O)c2)CCc2ccccc21. The van der Waals surface area contributed by atoms with Gasteiger partial charge < -0.3 is 10.2 Å². The molecular formula is C17H14O3. The fourth-order valence-electron chi connectivity index (χ4n) is 2.48. The Labute approximate surface area is 116 Å². The van der Waals surface area contributed by atoms with Crippen molar-refractivity contribution >= 4 is 11.9 Å². The van der Waals surface area contributed by atoms with Crippen LogP contribution in [0.2, 0.25) is 0 Å². The lowest BCUT2D eigenvalue weighted by atomic mass is 9.86. The Balaban J connectivity index is 1.97. The molecule has 0 aliphatic heterocycles.